The zero-order valence-electron chi connectivity index (χ0n) is 10.7. The molecule has 0 saturated carbocycles. The van der Waals surface area contributed by atoms with Crippen molar-refractivity contribution in [2.45, 2.75) is 32.7 Å². The third kappa shape index (κ3) is 3.67. The Kier molecular flexibility index (Phi) is 4.59. The fourth-order valence-corrected chi connectivity index (χ4v) is 1.45. The third-order valence-electron chi connectivity index (χ3n) is 3.14. The maximum atomic E-state index is 4.21. The average Bonchev–Trinajstić information content (AvgIpc) is 2.26. The number of anilines is 1. The molecular formula is C12H21N3S. The molecule has 4 heteroatoms. The van der Waals surface area contributed by atoms with Crippen LogP contribution in [0.2, 0.25) is 0 Å². The molecule has 0 bridgehead atoms. The van der Waals surface area contributed by atoms with Crippen molar-refractivity contribution >= 4 is 17.6 Å². The topological polar surface area (TPSA) is 37.8 Å². The van der Waals surface area contributed by atoms with Gasteiger partial charge in [0.25, 0.3) is 0 Å². The van der Waals surface area contributed by atoms with Crippen LogP contribution in [0.15, 0.2) is 17.4 Å². The molecule has 1 aromatic heterocycles. The van der Waals surface area contributed by atoms with E-state index in [2.05, 4.69) is 43.0 Å². The van der Waals surface area contributed by atoms with Gasteiger partial charge in [0.1, 0.15) is 17.2 Å². The molecular weight excluding hydrogens is 218 g/mol. The van der Waals surface area contributed by atoms with Crippen LogP contribution in [0, 0.1) is 11.3 Å². The highest BCUT2D eigenvalue weighted by Gasteiger charge is 2.21. The lowest BCUT2D eigenvalue weighted by Crippen LogP contribution is -2.28. The lowest BCUT2D eigenvalue weighted by atomic mass is 9.81. The lowest BCUT2D eigenvalue weighted by molar-refractivity contribution is 0.269. The number of aromatic nitrogens is 2. The van der Waals surface area contributed by atoms with Crippen LogP contribution in [0.1, 0.15) is 27.7 Å². The second kappa shape index (κ2) is 5.53. The SMILES string of the molecule is CSc1cc(NCC(C)(C)C(C)C)ncn1. The first-order chi connectivity index (χ1) is 7.45. The van der Waals surface area contributed by atoms with E-state index in [1.165, 1.54) is 0 Å². The summed E-state index contributed by atoms with van der Waals surface area (Å²) in [5, 5.41) is 4.38. The van der Waals surface area contributed by atoms with Crippen molar-refractivity contribution in [3.63, 3.8) is 0 Å². The van der Waals surface area contributed by atoms with Gasteiger partial charge >= 0.3 is 0 Å². The molecule has 0 aromatic carbocycles. The van der Waals surface area contributed by atoms with Gasteiger partial charge in [-0.25, -0.2) is 9.97 Å². The van der Waals surface area contributed by atoms with Gasteiger partial charge in [0.15, 0.2) is 0 Å². The summed E-state index contributed by atoms with van der Waals surface area (Å²) < 4.78 is 0. The molecule has 1 aromatic rings. The fourth-order valence-electron chi connectivity index (χ4n) is 1.07. The molecule has 0 amide bonds. The highest BCUT2D eigenvalue weighted by molar-refractivity contribution is 7.98. The Balaban J connectivity index is 2.60. The molecule has 0 aliphatic heterocycles. The van der Waals surface area contributed by atoms with Gasteiger partial charge in [-0.3, -0.25) is 0 Å². The van der Waals surface area contributed by atoms with Crippen molar-refractivity contribution in [1.29, 1.82) is 0 Å². The van der Waals surface area contributed by atoms with Gasteiger partial charge in [-0.1, -0.05) is 27.7 Å². The van der Waals surface area contributed by atoms with Crippen molar-refractivity contribution in [2.24, 2.45) is 11.3 Å². The van der Waals surface area contributed by atoms with E-state index in [0.717, 1.165) is 17.4 Å². The molecule has 0 aliphatic rings. The summed E-state index contributed by atoms with van der Waals surface area (Å²) in [5.41, 5.74) is 0.268. The molecule has 0 saturated heterocycles. The van der Waals surface area contributed by atoms with Crippen molar-refractivity contribution in [3.05, 3.63) is 12.4 Å². The van der Waals surface area contributed by atoms with Gasteiger partial charge in [0.2, 0.25) is 0 Å². The minimum Gasteiger partial charge on any atom is -0.369 e. The quantitative estimate of drug-likeness (QED) is 0.632. The highest BCUT2D eigenvalue weighted by Crippen LogP contribution is 2.26. The molecule has 0 unspecified atom stereocenters. The maximum Gasteiger partial charge on any atom is 0.130 e. The first-order valence-electron chi connectivity index (χ1n) is 5.55. The van der Waals surface area contributed by atoms with Crippen molar-refractivity contribution in [2.75, 3.05) is 18.1 Å². The predicted octanol–water partition coefficient (Wildman–Crippen LogP) is 3.29. The standard InChI is InChI=1S/C12H21N3S/c1-9(2)12(3,4)7-13-10-6-11(16-5)15-8-14-10/h6,8-9H,7H2,1-5H3,(H,13,14,15). The van der Waals surface area contributed by atoms with Crippen molar-refractivity contribution in [1.82, 2.24) is 9.97 Å². The molecule has 1 N–H and O–H groups in total. The van der Waals surface area contributed by atoms with E-state index in [9.17, 15) is 0 Å². The molecule has 16 heavy (non-hydrogen) atoms. The molecule has 0 radical (unpaired) electrons. The molecule has 0 spiro atoms. The molecule has 3 nitrogen and oxygen atoms in total. The van der Waals surface area contributed by atoms with Gasteiger partial charge in [-0.2, -0.15) is 0 Å². The second-order valence-corrected chi connectivity index (χ2v) is 5.77. The molecule has 90 valence electrons. The van der Waals surface area contributed by atoms with Gasteiger partial charge in [0.05, 0.1) is 0 Å². The smallest absolute Gasteiger partial charge is 0.130 e. The van der Waals surface area contributed by atoms with Crippen LogP contribution in [0.3, 0.4) is 0 Å². The number of hydrogen-bond acceptors (Lipinski definition) is 4. The number of nitrogens with zero attached hydrogens (tertiary/aromatic N) is 2. The van der Waals surface area contributed by atoms with E-state index in [0.29, 0.717) is 5.92 Å². The lowest BCUT2D eigenvalue weighted by Gasteiger charge is -2.29. The van der Waals surface area contributed by atoms with Crippen LogP contribution in [0.25, 0.3) is 0 Å². The highest BCUT2D eigenvalue weighted by atomic mass is 32.2. The van der Waals surface area contributed by atoms with Crippen molar-refractivity contribution in [3.8, 4) is 0 Å². The van der Waals surface area contributed by atoms with E-state index >= 15 is 0 Å². The van der Waals surface area contributed by atoms with E-state index in [4.69, 9.17) is 0 Å². The largest absolute Gasteiger partial charge is 0.369 e. The molecule has 1 rings (SSSR count). The molecule has 0 aliphatic carbocycles. The van der Waals surface area contributed by atoms with Crippen LogP contribution < -0.4 is 5.32 Å². The Morgan fingerprint density at radius 1 is 1.38 bits per heavy atom. The normalized spacial score (nSPS) is 11.9. The first-order valence-corrected chi connectivity index (χ1v) is 6.78. The van der Waals surface area contributed by atoms with Crippen LogP contribution in [-0.2, 0) is 0 Å². The number of rotatable bonds is 5. The first kappa shape index (κ1) is 13.3. The zero-order valence-corrected chi connectivity index (χ0v) is 11.6. The Labute approximate surface area is 102 Å². The summed E-state index contributed by atoms with van der Waals surface area (Å²) in [7, 11) is 0. The minimum atomic E-state index is 0.268. The van der Waals surface area contributed by atoms with E-state index in [-0.39, 0.29) is 5.41 Å². The average molecular weight is 239 g/mol. The number of thioether (sulfide) groups is 1. The minimum absolute atomic E-state index is 0.268. The Morgan fingerprint density at radius 3 is 2.62 bits per heavy atom. The molecule has 0 atom stereocenters. The van der Waals surface area contributed by atoms with Crippen LogP contribution in [0.5, 0.6) is 0 Å². The fraction of sp³-hybridized carbons (Fsp3) is 0.667. The monoisotopic (exact) mass is 239 g/mol. The van der Waals surface area contributed by atoms with E-state index in [1.807, 2.05) is 12.3 Å². The van der Waals surface area contributed by atoms with Gasteiger partial charge < -0.3 is 5.32 Å². The predicted molar refractivity (Wildman–Crippen MR) is 70.9 cm³/mol. The summed E-state index contributed by atoms with van der Waals surface area (Å²) in [4.78, 5) is 8.36. The van der Waals surface area contributed by atoms with E-state index < -0.39 is 0 Å². The Morgan fingerprint density at radius 2 is 2.06 bits per heavy atom. The summed E-state index contributed by atoms with van der Waals surface area (Å²) in [5.74, 6) is 1.55. The number of nitrogens with one attached hydrogen (secondary N) is 1. The van der Waals surface area contributed by atoms with Gasteiger partial charge in [-0.15, -0.1) is 11.8 Å². The number of hydrogen-bond donors (Lipinski definition) is 1. The van der Waals surface area contributed by atoms with Crippen LogP contribution >= 0.6 is 11.8 Å². The summed E-state index contributed by atoms with van der Waals surface area (Å²) in [6.07, 6.45) is 3.63. The summed E-state index contributed by atoms with van der Waals surface area (Å²) in [6.45, 7) is 9.95. The Bertz CT molecular complexity index is 337. The molecule has 0 fully saturated rings. The Hall–Kier alpha value is -0.770. The van der Waals surface area contributed by atoms with Gasteiger partial charge in [-0.05, 0) is 17.6 Å². The third-order valence-corrected chi connectivity index (χ3v) is 3.78. The zero-order chi connectivity index (χ0) is 12.2. The summed E-state index contributed by atoms with van der Waals surface area (Å²) in [6, 6.07) is 1.99. The van der Waals surface area contributed by atoms with Crippen LogP contribution in [0.4, 0.5) is 5.82 Å². The second-order valence-electron chi connectivity index (χ2n) is 4.94. The van der Waals surface area contributed by atoms with Gasteiger partial charge in [0, 0.05) is 12.6 Å². The van der Waals surface area contributed by atoms with Crippen LogP contribution in [-0.4, -0.2) is 22.8 Å². The molecule has 1 heterocycles. The van der Waals surface area contributed by atoms with E-state index in [1.54, 1.807) is 18.1 Å². The van der Waals surface area contributed by atoms with Crippen molar-refractivity contribution < 1.29 is 0 Å². The maximum absolute atomic E-state index is 4.21. The summed E-state index contributed by atoms with van der Waals surface area (Å²) >= 11 is 1.63.